The molecular formula is C18H17ClN2O4. The SMILES string of the molecule is COc1ccc([N+](=O)[O-])cc1[C@@H]1Nc2ccc(Cl)cc2[C@@H]2OCC[C@H]12. The lowest BCUT2D eigenvalue weighted by atomic mass is 9.80. The summed E-state index contributed by atoms with van der Waals surface area (Å²) in [6.07, 6.45) is 0.782. The van der Waals surface area contributed by atoms with Gasteiger partial charge in [-0.1, -0.05) is 11.6 Å². The summed E-state index contributed by atoms with van der Waals surface area (Å²) in [6, 6.07) is 10.2. The minimum atomic E-state index is -0.387. The number of non-ortho nitro benzene ring substituents is 1. The van der Waals surface area contributed by atoms with E-state index in [1.54, 1.807) is 19.2 Å². The van der Waals surface area contributed by atoms with Crippen LogP contribution in [0.25, 0.3) is 0 Å². The number of benzene rings is 2. The molecule has 2 aliphatic rings. The van der Waals surface area contributed by atoms with Crippen LogP contribution in [0.4, 0.5) is 11.4 Å². The lowest BCUT2D eigenvalue weighted by molar-refractivity contribution is -0.385. The van der Waals surface area contributed by atoms with E-state index in [9.17, 15) is 10.1 Å². The Morgan fingerprint density at radius 1 is 1.28 bits per heavy atom. The molecule has 0 spiro atoms. The van der Waals surface area contributed by atoms with Crippen LogP contribution in [0.5, 0.6) is 5.75 Å². The van der Waals surface area contributed by atoms with E-state index in [2.05, 4.69) is 5.32 Å². The number of rotatable bonds is 3. The molecule has 25 heavy (non-hydrogen) atoms. The zero-order chi connectivity index (χ0) is 17.6. The molecule has 3 atom stereocenters. The van der Waals surface area contributed by atoms with Crippen molar-refractivity contribution in [1.82, 2.24) is 0 Å². The van der Waals surface area contributed by atoms with E-state index in [0.717, 1.165) is 23.2 Å². The Morgan fingerprint density at radius 2 is 2.12 bits per heavy atom. The van der Waals surface area contributed by atoms with Crippen molar-refractivity contribution in [3.8, 4) is 5.75 Å². The maximum Gasteiger partial charge on any atom is 0.270 e. The number of anilines is 1. The number of halogens is 1. The van der Waals surface area contributed by atoms with Crippen molar-refractivity contribution >= 4 is 23.0 Å². The van der Waals surface area contributed by atoms with Crippen molar-refractivity contribution in [1.29, 1.82) is 0 Å². The standard InChI is InChI=1S/C18H17ClN2O4/c1-24-16-5-3-11(21(22)23)9-14(16)17-12-6-7-25-18(12)13-8-10(19)2-4-15(13)20-17/h2-5,8-9,12,17-18,20H,6-7H2,1H3/t12-,17-,18-/m1/s1. The highest BCUT2D eigenvalue weighted by Crippen LogP contribution is 2.51. The number of hydrogen-bond donors (Lipinski definition) is 1. The lowest BCUT2D eigenvalue weighted by Crippen LogP contribution is -2.29. The molecular weight excluding hydrogens is 344 g/mol. The van der Waals surface area contributed by atoms with Gasteiger partial charge in [-0.2, -0.15) is 0 Å². The largest absolute Gasteiger partial charge is 0.496 e. The number of nitro benzene ring substituents is 1. The fourth-order valence-corrected chi connectivity index (χ4v) is 4.01. The van der Waals surface area contributed by atoms with Gasteiger partial charge in [-0.3, -0.25) is 10.1 Å². The number of fused-ring (bicyclic) bond motifs is 3. The molecule has 6 nitrogen and oxygen atoms in total. The quantitative estimate of drug-likeness (QED) is 0.644. The number of ether oxygens (including phenoxy) is 2. The third kappa shape index (κ3) is 2.71. The highest BCUT2D eigenvalue weighted by Gasteiger charge is 2.42. The van der Waals surface area contributed by atoms with E-state index in [-0.39, 0.29) is 28.7 Å². The Labute approximate surface area is 149 Å². The van der Waals surface area contributed by atoms with Crippen molar-refractivity contribution in [2.45, 2.75) is 18.6 Å². The first kappa shape index (κ1) is 16.2. The van der Waals surface area contributed by atoms with Gasteiger partial charge in [-0.15, -0.1) is 0 Å². The van der Waals surface area contributed by atoms with E-state index in [1.165, 1.54) is 6.07 Å². The summed E-state index contributed by atoms with van der Waals surface area (Å²) in [5, 5.41) is 15.4. The van der Waals surface area contributed by atoms with Gasteiger partial charge < -0.3 is 14.8 Å². The molecule has 0 amide bonds. The molecule has 130 valence electrons. The topological polar surface area (TPSA) is 73.6 Å². The van der Waals surface area contributed by atoms with Crippen molar-refractivity contribution in [3.63, 3.8) is 0 Å². The van der Waals surface area contributed by atoms with Gasteiger partial charge in [0.05, 0.1) is 24.2 Å². The minimum Gasteiger partial charge on any atom is -0.496 e. The van der Waals surface area contributed by atoms with Gasteiger partial charge in [0.25, 0.3) is 5.69 Å². The van der Waals surface area contributed by atoms with Crippen LogP contribution in [-0.4, -0.2) is 18.6 Å². The molecule has 7 heteroatoms. The van der Waals surface area contributed by atoms with Gasteiger partial charge in [-0.05, 0) is 30.7 Å². The number of nitrogens with one attached hydrogen (secondary N) is 1. The van der Waals surface area contributed by atoms with Gasteiger partial charge in [0, 0.05) is 46.5 Å². The second-order valence-electron chi connectivity index (χ2n) is 6.28. The zero-order valence-electron chi connectivity index (χ0n) is 13.6. The van der Waals surface area contributed by atoms with Crippen LogP contribution in [0.1, 0.15) is 29.7 Å². The molecule has 1 fully saturated rings. The van der Waals surface area contributed by atoms with Crippen LogP contribution >= 0.6 is 11.6 Å². The number of hydrogen-bond acceptors (Lipinski definition) is 5. The fourth-order valence-electron chi connectivity index (χ4n) is 3.83. The second-order valence-corrected chi connectivity index (χ2v) is 6.72. The van der Waals surface area contributed by atoms with Gasteiger partial charge in [0.2, 0.25) is 0 Å². The molecule has 2 aromatic rings. The molecule has 0 unspecified atom stereocenters. The zero-order valence-corrected chi connectivity index (χ0v) is 14.3. The third-order valence-corrected chi connectivity index (χ3v) is 5.19. The first-order valence-electron chi connectivity index (χ1n) is 8.08. The van der Waals surface area contributed by atoms with E-state index in [4.69, 9.17) is 21.1 Å². The summed E-state index contributed by atoms with van der Waals surface area (Å²) in [4.78, 5) is 10.8. The molecule has 2 heterocycles. The summed E-state index contributed by atoms with van der Waals surface area (Å²) >= 11 is 6.15. The van der Waals surface area contributed by atoms with Crippen molar-refractivity contribution in [2.75, 3.05) is 19.0 Å². The van der Waals surface area contributed by atoms with Crippen LogP contribution in [0, 0.1) is 16.0 Å². The first-order valence-corrected chi connectivity index (χ1v) is 8.46. The van der Waals surface area contributed by atoms with Gasteiger partial charge in [0.1, 0.15) is 5.75 Å². The molecule has 2 aromatic carbocycles. The summed E-state index contributed by atoms with van der Waals surface area (Å²) in [6.45, 7) is 0.650. The molecule has 0 aliphatic carbocycles. The normalized spacial score (nSPS) is 24.2. The van der Waals surface area contributed by atoms with Crippen molar-refractivity contribution in [3.05, 3.63) is 62.7 Å². The average Bonchev–Trinajstić information content (AvgIpc) is 3.10. The summed E-state index contributed by atoms with van der Waals surface area (Å²) in [5.74, 6) is 0.785. The van der Waals surface area contributed by atoms with Crippen LogP contribution in [0.3, 0.4) is 0 Å². The Morgan fingerprint density at radius 3 is 2.88 bits per heavy atom. The van der Waals surface area contributed by atoms with E-state index >= 15 is 0 Å². The van der Waals surface area contributed by atoms with Crippen LogP contribution in [0.2, 0.25) is 5.02 Å². The number of nitrogens with zero attached hydrogens (tertiary/aromatic N) is 1. The maximum atomic E-state index is 11.2. The highest BCUT2D eigenvalue weighted by atomic mass is 35.5. The Bertz CT molecular complexity index is 842. The second kappa shape index (κ2) is 6.20. The highest BCUT2D eigenvalue weighted by molar-refractivity contribution is 6.30. The van der Waals surface area contributed by atoms with Crippen LogP contribution in [0.15, 0.2) is 36.4 Å². The molecule has 0 aromatic heterocycles. The molecule has 0 saturated carbocycles. The molecule has 4 rings (SSSR count). The summed E-state index contributed by atoms with van der Waals surface area (Å²) in [7, 11) is 1.57. The Hall–Kier alpha value is -2.31. The summed E-state index contributed by atoms with van der Waals surface area (Å²) in [5.41, 5.74) is 2.80. The van der Waals surface area contributed by atoms with Crippen molar-refractivity contribution in [2.24, 2.45) is 5.92 Å². The van der Waals surface area contributed by atoms with Gasteiger partial charge >= 0.3 is 0 Å². The third-order valence-electron chi connectivity index (χ3n) is 4.96. The Kier molecular flexibility index (Phi) is 4.01. The summed E-state index contributed by atoms with van der Waals surface area (Å²) < 4.78 is 11.4. The first-order chi connectivity index (χ1) is 12.1. The molecule has 1 saturated heterocycles. The van der Waals surface area contributed by atoms with Gasteiger partial charge in [0.15, 0.2) is 0 Å². The molecule has 2 aliphatic heterocycles. The lowest BCUT2D eigenvalue weighted by Gasteiger charge is -2.37. The molecule has 1 N–H and O–H groups in total. The van der Waals surface area contributed by atoms with Crippen LogP contribution < -0.4 is 10.1 Å². The Balaban J connectivity index is 1.82. The molecule has 0 bridgehead atoms. The number of nitro groups is 1. The number of methoxy groups -OCH3 is 1. The van der Waals surface area contributed by atoms with Crippen LogP contribution in [-0.2, 0) is 4.74 Å². The van der Waals surface area contributed by atoms with Crippen molar-refractivity contribution < 1.29 is 14.4 Å². The smallest absolute Gasteiger partial charge is 0.270 e. The average molecular weight is 361 g/mol. The fraction of sp³-hybridized carbons (Fsp3) is 0.333. The van der Waals surface area contributed by atoms with E-state index in [1.807, 2.05) is 18.2 Å². The predicted molar refractivity (Wildman–Crippen MR) is 94.3 cm³/mol. The minimum absolute atomic E-state index is 0.0509. The predicted octanol–water partition coefficient (Wildman–Crippen LogP) is 4.50. The van der Waals surface area contributed by atoms with Gasteiger partial charge in [-0.25, -0.2) is 0 Å². The van der Waals surface area contributed by atoms with E-state index < -0.39 is 0 Å². The molecule has 0 radical (unpaired) electrons. The maximum absolute atomic E-state index is 11.2. The van der Waals surface area contributed by atoms with E-state index in [0.29, 0.717) is 17.4 Å². The monoisotopic (exact) mass is 360 g/mol.